The monoisotopic (exact) mass is 298 g/mol. The molecule has 1 heterocycles. The van der Waals surface area contributed by atoms with E-state index >= 15 is 0 Å². The molecule has 110 valence electrons. The molecule has 1 saturated heterocycles. The van der Waals surface area contributed by atoms with Crippen molar-refractivity contribution in [2.45, 2.75) is 32.4 Å². The molecule has 1 aromatic carbocycles. The van der Waals surface area contributed by atoms with Crippen LogP contribution in [0.5, 0.6) is 0 Å². The van der Waals surface area contributed by atoms with Gasteiger partial charge in [-0.25, -0.2) is 0 Å². The third kappa shape index (κ3) is 3.69. The maximum Gasteiger partial charge on any atom is 0.273 e. The second-order valence-corrected chi connectivity index (χ2v) is 5.46. The number of hydrogen-bond donors (Lipinski definition) is 1. The molecule has 1 aromatic rings. The van der Waals surface area contributed by atoms with Gasteiger partial charge in [0.15, 0.2) is 0 Å². The van der Waals surface area contributed by atoms with Crippen LogP contribution >= 0.6 is 11.6 Å². The zero-order valence-electron chi connectivity index (χ0n) is 11.5. The molecular formula is C14H19ClN2O3. The molecule has 5 nitrogen and oxygen atoms in total. The number of rotatable bonds is 6. The quantitative estimate of drug-likeness (QED) is 0.647. The van der Waals surface area contributed by atoms with Crippen LogP contribution in [0.1, 0.15) is 25.3 Å². The van der Waals surface area contributed by atoms with Gasteiger partial charge in [0.05, 0.1) is 11.0 Å². The van der Waals surface area contributed by atoms with Gasteiger partial charge in [0.1, 0.15) is 0 Å². The Morgan fingerprint density at radius 2 is 2.35 bits per heavy atom. The van der Waals surface area contributed by atoms with Crippen molar-refractivity contribution in [1.29, 1.82) is 0 Å². The molecule has 0 saturated carbocycles. The fraction of sp³-hybridized carbons (Fsp3) is 0.571. The minimum atomic E-state index is -0.374. The van der Waals surface area contributed by atoms with Crippen LogP contribution in [0.4, 0.5) is 5.69 Å². The number of ether oxygens (including phenoxy) is 1. The van der Waals surface area contributed by atoms with Crippen molar-refractivity contribution in [3.05, 3.63) is 38.9 Å². The minimum absolute atomic E-state index is 0.108. The van der Waals surface area contributed by atoms with Crippen LogP contribution in [0.3, 0.4) is 0 Å². The normalized spacial score (nSPS) is 22.1. The third-order valence-electron chi connectivity index (χ3n) is 3.71. The van der Waals surface area contributed by atoms with Gasteiger partial charge in [-0.2, -0.15) is 0 Å². The molecule has 20 heavy (non-hydrogen) atoms. The van der Waals surface area contributed by atoms with E-state index in [1.165, 1.54) is 6.07 Å². The van der Waals surface area contributed by atoms with E-state index < -0.39 is 0 Å². The summed E-state index contributed by atoms with van der Waals surface area (Å²) in [6.07, 6.45) is 2.35. The Kier molecular flexibility index (Phi) is 5.34. The number of nitro groups is 1. The van der Waals surface area contributed by atoms with Gasteiger partial charge in [0.2, 0.25) is 0 Å². The molecule has 2 unspecified atom stereocenters. The van der Waals surface area contributed by atoms with E-state index in [0.717, 1.165) is 26.0 Å². The highest BCUT2D eigenvalue weighted by molar-refractivity contribution is 6.30. The van der Waals surface area contributed by atoms with Crippen molar-refractivity contribution in [3.8, 4) is 0 Å². The summed E-state index contributed by atoms with van der Waals surface area (Å²) in [5, 5.41) is 14.8. The van der Waals surface area contributed by atoms with Crippen molar-refractivity contribution in [1.82, 2.24) is 5.32 Å². The molecule has 2 atom stereocenters. The molecule has 6 heteroatoms. The Bertz CT molecular complexity index is 481. The van der Waals surface area contributed by atoms with Crippen LogP contribution in [0.2, 0.25) is 5.02 Å². The minimum Gasteiger partial charge on any atom is -0.378 e. The number of hydrogen-bond acceptors (Lipinski definition) is 4. The summed E-state index contributed by atoms with van der Waals surface area (Å²) in [5.74, 6) is 0.484. The maximum absolute atomic E-state index is 11.0. The first kappa shape index (κ1) is 15.2. The summed E-state index contributed by atoms with van der Waals surface area (Å²) in [5.41, 5.74) is 0.728. The average molecular weight is 299 g/mol. The van der Waals surface area contributed by atoms with Crippen molar-refractivity contribution in [3.63, 3.8) is 0 Å². The number of halogens is 1. The van der Waals surface area contributed by atoms with Gasteiger partial charge in [-0.15, -0.1) is 0 Å². The van der Waals surface area contributed by atoms with E-state index in [9.17, 15) is 10.1 Å². The number of nitro benzene ring substituents is 1. The summed E-state index contributed by atoms with van der Waals surface area (Å²) in [6, 6.07) is 4.64. The lowest BCUT2D eigenvalue weighted by Gasteiger charge is -2.17. The maximum atomic E-state index is 11.0. The standard InChI is InChI=1S/C14H19ClN2O3/c1-2-14-10(5-6-20-14)8-16-9-11-7-12(15)3-4-13(11)17(18)19/h3-4,7,10,14,16H,2,5-6,8-9H2,1H3. The van der Waals surface area contributed by atoms with Crippen LogP contribution in [0, 0.1) is 16.0 Å². The summed E-state index contributed by atoms with van der Waals surface area (Å²) < 4.78 is 5.63. The SMILES string of the molecule is CCC1OCCC1CNCc1cc(Cl)ccc1[N+](=O)[O-]. The molecule has 2 rings (SSSR count). The average Bonchev–Trinajstić information content (AvgIpc) is 2.86. The molecule has 0 aromatic heterocycles. The van der Waals surface area contributed by atoms with Gasteiger partial charge in [0.25, 0.3) is 5.69 Å². The second-order valence-electron chi connectivity index (χ2n) is 5.03. The fourth-order valence-electron chi connectivity index (χ4n) is 2.64. The molecule has 1 fully saturated rings. The first-order chi connectivity index (χ1) is 9.61. The van der Waals surface area contributed by atoms with Gasteiger partial charge in [-0.1, -0.05) is 18.5 Å². The van der Waals surface area contributed by atoms with Crippen molar-refractivity contribution in [2.24, 2.45) is 5.92 Å². The summed E-state index contributed by atoms with van der Waals surface area (Å²) in [4.78, 5) is 10.6. The summed E-state index contributed by atoms with van der Waals surface area (Å²) >= 11 is 5.90. The van der Waals surface area contributed by atoms with Crippen LogP contribution in [-0.4, -0.2) is 24.2 Å². The largest absolute Gasteiger partial charge is 0.378 e. The van der Waals surface area contributed by atoms with E-state index in [0.29, 0.717) is 29.2 Å². The van der Waals surface area contributed by atoms with Gasteiger partial charge in [-0.05, 0) is 30.9 Å². The predicted molar refractivity (Wildman–Crippen MR) is 78.0 cm³/mol. The molecule has 0 spiro atoms. The third-order valence-corrected chi connectivity index (χ3v) is 3.94. The summed E-state index contributed by atoms with van der Waals surface area (Å²) in [6.45, 7) is 4.18. The molecule has 0 aliphatic carbocycles. The van der Waals surface area contributed by atoms with Crippen LogP contribution in [0.25, 0.3) is 0 Å². The Morgan fingerprint density at radius 1 is 1.55 bits per heavy atom. The number of nitrogens with zero attached hydrogens (tertiary/aromatic N) is 1. The van der Waals surface area contributed by atoms with E-state index in [4.69, 9.17) is 16.3 Å². The second kappa shape index (κ2) is 7.02. The zero-order valence-corrected chi connectivity index (χ0v) is 12.2. The molecule has 1 aliphatic rings. The Hall–Kier alpha value is -1.17. The topological polar surface area (TPSA) is 64.4 Å². The lowest BCUT2D eigenvalue weighted by molar-refractivity contribution is -0.385. The molecule has 1 aliphatic heterocycles. The van der Waals surface area contributed by atoms with E-state index in [2.05, 4.69) is 12.2 Å². The zero-order chi connectivity index (χ0) is 14.5. The van der Waals surface area contributed by atoms with Gasteiger partial charge in [-0.3, -0.25) is 10.1 Å². The molecular weight excluding hydrogens is 280 g/mol. The molecule has 0 bridgehead atoms. The fourth-order valence-corrected chi connectivity index (χ4v) is 2.84. The van der Waals surface area contributed by atoms with Crippen LogP contribution in [-0.2, 0) is 11.3 Å². The first-order valence-electron chi connectivity index (χ1n) is 6.87. The molecule has 1 N–H and O–H groups in total. The Morgan fingerprint density at radius 3 is 3.05 bits per heavy atom. The number of benzene rings is 1. The van der Waals surface area contributed by atoms with E-state index in [1.807, 2.05) is 0 Å². The lowest BCUT2D eigenvalue weighted by atomic mass is 9.99. The van der Waals surface area contributed by atoms with Crippen molar-refractivity contribution in [2.75, 3.05) is 13.2 Å². The van der Waals surface area contributed by atoms with E-state index in [1.54, 1.807) is 12.1 Å². The Labute approximate surface area is 123 Å². The summed E-state index contributed by atoms with van der Waals surface area (Å²) in [7, 11) is 0. The highest BCUT2D eigenvalue weighted by Gasteiger charge is 2.26. The van der Waals surface area contributed by atoms with Gasteiger partial charge in [0, 0.05) is 36.3 Å². The van der Waals surface area contributed by atoms with Gasteiger partial charge < -0.3 is 10.1 Å². The molecule has 0 amide bonds. The van der Waals surface area contributed by atoms with Crippen molar-refractivity contribution >= 4 is 17.3 Å². The lowest BCUT2D eigenvalue weighted by Crippen LogP contribution is -2.28. The number of nitrogens with one attached hydrogen (secondary N) is 1. The van der Waals surface area contributed by atoms with Crippen molar-refractivity contribution < 1.29 is 9.66 Å². The highest BCUT2D eigenvalue weighted by Crippen LogP contribution is 2.24. The smallest absolute Gasteiger partial charge is 0.273 e. The molecule has 0 radical (unpaired) electrons. The van der Waals surface area contributed by atoms with Crippen LogP contribution in [0.15, 0.2) is 18.2 Å². The van der Waals surface area contributed by atoms with Gasteiger partial charge >= 0.3 is 0 Å². The first-order valence-corrected chi connectivity index (χ1v) is 7.24. The Balaban J connectivity index is 1.93. The van der Waals surface area contributed by atoms with Crippen LogP contribution < -0.4 is 5.32 Å². The predicted octanol–water partition coefficient (Wildman–Crippen LogP) is 3.15. The highest BCUT2D eigenvalue weighted by atomic mass is 35.5. The van der Waals surface area contributed by atoms with E-state index in [-0.39, 0.29) is 10.6 Å².